The molecule has 3 atom stereocenters. The first-order valence-corrected chi connectivity index (χ1v) is 7.91. The van der Waals surface area contributed by atoms with Gasteiger partial charge in [0, 0.05) is 18.8 Å². The fourth-order valence-electron chi connectivity index (χ4n) is 1.67. The Bertz CT molecular complexity index is 550. The van der Waals surface area contributed by atoms with Gasteiger partial charge in [-0.2, -0.15) is 0 Å². The number of carboxylic acids is 2. The van der Waals surface area contributed by atoms with E-state index in [9.17, 15) is 19.0 Å². The van der Waals surface area contributed by atoms with Gasteiger partial charge in [0.1, 0.15) is 6.04 Å². The summed E-state index contributed by atoms with van der Waals surface area (Å²) in [7, 11) is -4.04. The van der Waals surface area contributed by atoms with E-state index in [1.807, 2.05) is 0 Å². The van der Waals surface area contributed by atoms with Crippen LogP contribution in [0, 0.1) is 0 Å². The van der Waals surface area contributed by atoms with Crippen molar-refractivity contribution in [2.24, 2.45) is 0 Å². The molecule has 1 aromatic heterocycles. The van der Waals surface area contributed by atoms with Gasteiger partial charge >= 0.3 is 11.9 Å². The number of aliphatic carboxylic acids is 2. The van der Waals surface area contributed by atoms with Gasteiger partial charge in [-0.05, 0) is 25.0 Å². The maximum atomic E-state index is 12.3. The minimum Gasteiger partial charge on any atom is -0.481 e. The first-order chi connectivity index (χ1) is 9.74. The summed E-state index contributed by atoms with van der Waals surface area (Å²) in [5.74, 6) is -2.54. The van der Waals surface area contributed by atoms with E-state index in [-0.39, 0.29) is 6.42 Å². The molecule has 0 amide bonds. The molecule has 0 spiro atoms. The molecule has 1 aromatic rings. The fraction of sp³-hybridized carbons (Fsp3) is 0.417. The Balaban J connectivity index is 2.83. The minimum absolute atomic E-state index is 0.283. The minimum atomic E-state index is -4.04. The molecular weight excluding hydrogens is 299 g/mol. The standard InChI is InChI=1S/C12H17N2O6P/c1-8(9-3-2-6-13-7-9)21(19,20)14-10(12(17)18)4-5-11(15)16/h2-3,6-8,10H,4-5H2,1H3,(H,15,16)(H,17,18)(H2,14,19,20). The molecule has 3 unspecified atom stereocenters. The van der Waals surface area contributed by atoms with Crippen LogP contribution in [0.1, 0.15) is 31.0 Å². The normalized spacial score (nSPS) is 16.7. The quantitative estimate of drug-likeness (QED) is 0.526. The van der Waals surface area contributed by atoms with E-state index in [4.69, 9.17) is 10.2 Å². The van der Waals surface area contributed by atoms with Crippen molar-refractivity contribution in [1.82, 2.24) is 10.1 Å². The molecular formula is C12H17N2O6P. The maximum absolute atomic E-state index is 12.3. The van der Waals surface area contributed by atoms with Gasteiger partial charge in [-0.3, -0.25) is 19.1 Å². The molecule has 9 heteroatoms. The average Bonchev–Trinajstić information content (AvgIpc) is 2.43. The summed E-state index contributed by atoms with van der Waals surface area (Å²) >= 11 is 0. The molecule has 0 saturated heterocycles. The Hall–Kier alpha value is -1.76. The van der Waals surface area contributed by atoms with Gasteiger partial charge in [0.15, 0.2) is 0 Å². The highest BCUT2D eigenvalue weighted by molar-refractivity contribution is 7.56. The largest absolute Gasteiger partial charge is 0.481 e. The molecule has 1 heterocycles. The highest BCUT2D eigenvalue weighted by Crippen LogP contribution is 2.52. The van der Waals surface area contributed by atoms with Crippen molar-refractivity contribution in [2.75, 3.05) is 0 Å². The second kappa shape index (κ2) is 7.31. The fourth-order valence-corrected chi connectivity index (χ4v) is 3.14. The number of rotatable bonds is 8. The summed E-state index contributed by atoms with van der Waals surface area (Å²) in [6, 6.07) is 1.80. The van der Waals surface area contributed by atoms with Crippen molar-refractivity contribution in [3.63, 3.8) is 0 Å². The first-order valence-electron chi connectivity index (χ1n) is 6.19. The van der Waals surface area contributed by atoms with E-state index < -0.39 is 37.6 Å². The molecule has 8 nitrogen and oxygen atoms in total. The maximum Gasteiger partial charge on any atom is 0.321 e. The molecule has 0 aliphatic rings. The lowest BCUT2D eigenvalue weighted by atomic mass is 10.2. The predicted octanol–water partition coefficient (Wildman–Crippen LogP) is 1.24. The summed E-state index contributed by atoms with van der Waals surface area (Å²) in [6.07, 6.45) is 2.24. The highest BCUT2D eigenvalue weighted by atomic mass is 31.2. The van der Waals surface area contributed by atoms with E-state index in [0.29, 0.717) is 5.56 Å². The Morgan fingerprint density at radius 2 is 2.10 bits per heavy atom. The summed E-state index contributed by atoms with van der Waals surface area (Å²) < 4.78 is 12.3. The number of pyridine rings is 1. The van der Waals surface area contributed by atoms with Gasteiger partial charge in [-0.25, -0.2) is 5.09 Å². The van der Waals surface area contributed by atoms with Crippen LogP contribution in [0.4, 0.5) is 0 Å². The van der Waals surface area contributed by atoms with Crippen LogP contribution in [0.5, 0.6) is 0 Å². The van der Waals surface area contributed by atoms with Gasteiger partial charge in [-0.1, -0.05) is 6.07 Å². The van der Waals surface area contributed by atoms with Crippen molar-refractivity contribution in [1.29, 1.82) is 0 Å². The van der Waals surface area contributed by atoms with Crippen LogP contribution in [0.2, 0.25) is 0 Å². The lowest BCUT2D eigenvalue weighted by Crippen LogP contribution is -2.35. The summed E-state index contributed by atoms with van der Waals surface area (Å²) in [6.45, 7) is 1.47. The van der Waals surface area contributed by atoms with Gasteiger partial charge in [-0.15, -0.1) is 0 Å². The smallest absolute Gasteiger partial charge is 0.321 e. The van der Waals surface area contributed by atoms with Crippen molar-refractivity contribution in [3.8, 4) is 0 Å². The number of carbonyl (C=O) groups is 2. The Kier molecular flexibility index (Phi) is 6.02. The third kappa shape index (κ3) is 5.26. The van der Waals surface area contributed by atoms with Gasteiger partial charge in [0.25, 0.3) is 7.52 Å². The van der Waals surface area contributed by atoms with Crippen LogP contribution in [0.25, 0.3) is 0 Å². The lowest BCUT2D eigenvalue weighted by molar-refractivity contribution is -0.140. The number of hydrogen-bond donors (Lipinski definition) is 4. The van der Waals surface area contributed by atoms with Gasteiger partial charge in [0.2, 0.25) is 0 Å². The van der Waals surface area contributed by atoms with Crippen LogP contribution < -0.4 is 5.09 Å². The zero-order valence-electron chi connectivity index (χ0n) is 11.3. The van der Waals surface area contributed by atoms with Crippen LogP contribution in [-0.2, 0) is 14.2 Å². The Morgan fingerprint density at radius 3 is 2.57 bits per heavy atom. The number of carboxylic acid groups (broad SMARTS) is 2. The molecule has 116 valence electrons. The summed E-state index contributed by atoms with van der Waals surface area (Å²) in [5, 5.41) is 19.7. The van der Waals surface area contributed by atoms with Crippen LogP contribution in [0.15, 0.2) is 24.5 Å². The Labute approximate surface area is 121 Å². The SMILES string of the molecule is CC(c1cccnc1)P(=O)(O)NC(CCC(=O)O)C(=O)O. The molecule has 4 N–H and O–H groups in total. The molecule has 0 bridgehead atoms. The van der Waals surface area contributed by atoms with E-state index in [0.717, 1.165) is 0 Å². The average molecular weight is 316 g/mol. The number of nitrogens with zero attached hydrogens (tertiary/aromatic N) is 1. The molecule has 0 aliphatic carbocycles. The van der Waals surface area contributed by atoms with Gasteiger partial charge in [0.05, 0.1) is 5.66 Å². The lowest BCUT2D eigenvalue weighted by Gasteiger charge is -2.23. The molecule has 0 radical (unpaired) electrons. The van der Waals surface area contributed by atoms with Crippen molar-refractivity contribution >= 4 is 19.5 Å². The second-order valence-corrected chi connectivity index (χ2v) is 6.82. The predicted molar refractivity (Wildman–Crippen MR) is 73.9 cm³/mol. The van der Waals surface area contributed by atoms with Crippen LogP contribution >= 0.6 is 7.52 Å². The molecule has 1 rings (SSSR count). The third-order valence-corrected chi connectivity index (χ3v) is 5.01. The van der Waals surface area contributed by atoms with E-state index in [1.165, 1.54) is 19.3 Å². The van der Waals surface area contributed by atoms with Crippen LogP contribution in [-0.4, -0.2) is 38.1 Å². The third-order valence-electron chi connectivity index (χ3n) is 2.98. The first kappa shape index (κ1) is 17.3. The van der Waals surface area contributed by atoms with E-state index >= 15 is 0 Å². The van der Waals surface area contributed by atoms with Crippen molar-refractivity contribution in [2.45, 2.75) is 31.5 Å². The molecule has 21 heavy (non-hydrogen) atoms. The van der Waals surface area contributed by atoms with E-state index in [2.05, 4.69) is 10.1 Å². The summed E-state index contributed by atoms with van der Waals surface area (Å²) in [5.41, 5.74) is -0.379. The van der Waals surface area contributed by atoms with Gasteiger partial charge < -0.3 is 15.1 Å². The summed E-state index contributed by atoms with van der Waals surface area (Å²) in [4.78, 5) is 35.4. The number of aromatic nitrogens is 1. The topological polar surface area (TPSA) is 137 Å². The number of nitrogens with one attached hydrogen (secondary N) is 1. The molecule has 0 fully saturated rings. The molecule has 0 saturated carbocycles. The second-order valence-electron chi connectivity index (χ2n) is 4.54. The van der Waals surface area contributed by atoms with E-state index in [1.54, 1.807) is 12.1 Å². The van der Waals surface area contributed by atoms with Crippen LogP contribution in [0.3, 0.4) is 0 Å². The highest BCUT2D eigenvalue weighted by Gasteiger charge is 2.33. The zero-order chi connectivity index (χ0) is 16.0. The number of hydrogen-bond acceptors (Lipinski definition) is 4. The zero-order valence-corrected chi connectivity index (χ0v) is 12.2. The van der Waals surface area contributed by atoms with Crippen molar-refractivity contribution in [3.05, 3.63) is 30.1 Å². The Morgan fingerprint density at radius 1 is 1.43 bits per heavy atom. The molecule has 0 aromatic carbocycles. The monoisotopic (exact) mass is 316 g/mol. The molecule has 0 aliphatic heterocycles. The van der Waals surface area contributed by atoms with Crippen molar-refractivity contribution < 1.29 is 29.3 Å².